The standard InChI is InChI=1S/C23H31N3O4S/c1-8-16-11-10-12-17(13-16)19(20(27)24-15(3)4)26(9-2)21(28)18(14-31)25-22(29)30-23(5,6)7/h2,8,10-13,15,18-19,31H,1,14H2,3-7H3,(H,24,27)(H,25,29). The highest BCUT2D eigenvalue weighted by atomic mass is 32.1. The van der Waals surface area contributed by atoms with E-state index in [1.165, 1.54) is 0 Å². The molecule has 0 aliphatic rings. The largest absolute Gasteiger partial charge is 0.444 e. The number of ether oxygens (including phenoxy) is 1. The Bertz CT molecular complexity index is 855. The van der Waals surface area contributed by atoms with Crippen LogP contribution < -0.4 is 10.6 Å². The van der Waals surface area contributed by atoms with Crippen LogP contribution in [0.2, 0.25) is 0 Å². The number of thiol groups is 1. The van der Waals surface area contributed by atoms with Crippen LogP contribution in [0.5, 0.6) is 0 Å². The van der Waals surface area contributed by atoms with Gasteiger partial charge in [0, 0.05) is 17.8 Å². The summed E-state index contributed by atoms with van der Waals surface area (Å²) < 4.78 is 5.21. The highest BCUT2D eigenvalue weighted by molar-refractivity contribution is 7.80. The van der Waals surface area contributed by atoms with Gasteiger partial charge in [0.2, 0.25) is 5.91 Å². The summed E-state index contributed by atoms with van der Waals surface area (Å²) in [5.41, 5.74) is 0.532. The second-order valence-corrected chi connectivity index (χ2v) is 8.52. The molecule has 0 saturated heterocycles. The molecule has 1 rings (SSSR count). The van der Waals surface area contributed by atoms with Crippen LogP contribution in [0.4, 0.5) is 4.79 Å². The number of alkyl carbamates (subject to hydrolysis) is 1. The second-order valence-electron chi connectivity index (χ2n) is 8.16. The van der Waals surface area contributed by atoms with E-state index in [1.54, 1.807) is 58.9 Å². The zero-order chi connectivity index (χ0) is 23.8. The molecular formula is C23H31N3O4S. The van der Waals surface area contributed by atoms with Crippen LogP contribution in [0.1, 0.15) is 51.8 Å². The fraction of sp³-hybridized carbons (Fsp3) is 0.435. The van der Waals surface area contributed by atoms with E-state index in [9.17, 15) is 14.4 Å². The number of nitrogens with one attached hydrogen (secondary N) is 2. The molecule has 0 aliphatic carbocycles. The van der Waals surface area contributed by atoms with Gasteiger partial charge in [-0.15, -0.1) is 0 Å². The quantitative estimate of drug-likeness (QED) is 0.326. The summed E-state index contributed by atoms with van der Waals surface area (Å²) in [6.45, 7) is 12.5. The van der Waals surface area contributed by atoms with Gasteiger partial charge in [0.25, 0.3) is 5.91 Å². The summed E-state index contributed by atoms with van der Waals surface area (Å²) >= 11 is 4.17. The van der Waals surface area contributed by atoms with Gasteiger partial charge in [0.1, 0.15) is 17.7 Å². The molecule has 168 valence electrons. The van der Waals surface area contributed by atoms with Crippen molar-refractivity contribution in [3.63, 3.8) is 0 Å². The van der Waals surface area contributed by atoms with Gasteiger partial charge in [0.15, 0.2) is 0 Å². The number of carbonyl (C=O) groups excluding carboxylic acids is 3. The van der Waals surface area contributed by atoms with Gasteiger partial charge in [-0.2, -0.15) is 12.6 Å². The van der Waals surface area contributed by atoms with Crippen molar-refractivity contribution in [1.82, 2.24) is 15.5 Å². The van der Waals surface area contributed by atoms with E-state index in [-0.39, 0.29) is 11.8 Å². The third kappa shape index (κ3) is 8.02. The Morgan fingerprint density at radius 2 is 1.94 bits per heavy atom. The lowest BCUT2D eigenvalue weighted by atomic mass is 10.0. The average molecular weight is 446 g/mol. The minimum Gasteiger partial charge on any atom is -0.444 e. The van der Waals surface area contributed by atoms with E-state index in [0.717, 1.165) is 10.5 Å². The van der Waals surface area contributed by atoms with Gasteiger partial charge in [-0.05, 0) is 51.8 Å². The summed E-state index contributed by atoms with van der Waals surface area (Å²) in [5.74, 6) is -1.14. The molecule has 0 aliphatic heterocycles. The zero-order valence-corrected chi connectivity index (χ0v) is 19.5. The van der Waals surface area contributed by atoms with Crippen LogP contribution in [-0.2, 0) is 14.3 Å². The SMILES string of the molecule is C#CN(C(=O)C(CS)NC(=O)OC(C)(C)C)C(C(=O)NC(C)C)c1cccc(C=C)c1. The number of rotatable bonds is 8. The van der Waals surface area contributed by atoms with Crippen molar-refractivity contribution in [3.05, 3.63) is 42.0 Å². The van der Waals surface area contributed by atoms with Crippen LogP contribution >= 0.6 is 12.6 Å². The summed E-state index contributed by atoms with van der Waals surface area (Å²) in [6, 6.07) is 6.92. The molecule has 0 bridgehead atoms. The Kier molecular flexibility index (Phi) is 9.66. The second kappa shape index (κ2) is 11.5. The fourth-order valence-electron chi connectivity index (χ4n) is 2.71. The molecule has 2 N–H and O–H groups in total. The molecule has 8 heteroatoms. The van der Waals surface area contributed by atoms with Crippen LogP contribution in [0.15, 0.2) is 30.8 Å². The highest BCUT2D eigenvalue weighted by Crippen LogP contribution is 2.24. The van der Waals surface area contributed by atoms with Crippen molar-refractivity contribution < 1.29 is 19.1 Å². The van der Waals surface area contributed by atoms with Gasteiger partial charge in [-0.1, -0.05) is 37.3 Å². The van der Waals surface area contributed by atoms with Crippen LogP contribution in [-0.4, -0.2) is 46.2 Å². The lowest BCUT2D eigenvalue weighted by molar-refractivity contribution is -0.138. The number of amides is 3. The van der Waals surface area contributed by atoms with Crippen molar-refractivity contribution in [3.8, 4) is 12.5 Å². The predicted molar refractivity (Wildman–Crippen MR) is 125 cm³/mol. The first-order valence-electron chi connectivity index (χ1n) is 9.86. The number of terminal acetylenes is 1. The minimum absolute atomic E-state index is 0.0402. The lowest BCUT2D eigenvalue weighted by Gasteiger charge is -2.30. The van der Waals surface area contributed by atoms with E-state index in [2.05, 4.69) is 35.9 Å². The van der Waals surface area contributed by atoms with Crippen molar-refractivity contribution in [2.24, 2.45) is 0 Å². The van der Waals surface area contributed by atoms with Crippen LogP contribution in [0.25, 0.3) is 6.08 Å². The molecular weight excluding hydrogens is 414 g/mol. The number of benzene rings is 1. The topological polar surface area (TPSA) is 87.7 Å². The first-order chi connectivity index (χ1) is 14.4. The summed E-state index contributed by atoms with van der Waals surface area (Å²) in [5, 5.41) is 5.27. The van der Waals surface area contributed by atoms with Gasteiger partial charge in [-0.25, -0.2) is 4.79 Å². The van der Waals surface area contributed by atoms with E-state index in [0.29, 0.717) is 5.56 Å². The maximum atomic E-state index is 13.2. The summed E-state index contributed by atoms with van der Waals surface area (Å²) in [4.78, 5) is 39.4. The van der Waals surface area contributed by atoms with E-state index in [1.807, 2.05) is 6.07 Å². The van der Waals surface area contributed by atoms with Crippen molar-refractivity contribution >= 4 is 36.6 Å². The van der Waals surface area contributed by atoms with Gasteiger partial charge in [-0.3, -0.25) is 14.5 Å². The molecule has 0 aromatic heterocycles. The first-order valence-corrected chi connectivity index (χ1v) is 10.5. The zero-order valence-electron chi connectivity index (χ0n) is 18.6. The lowest BCUT2D eigenvalue weighted by Crippen LogP contribution is -2.52. The molecule has 1 aromatic rings. The van der Waals surface area contributed by atoms with Crippen LogP contribution in [0.3, 0.4) is 0 Å². The molecule has 3 amide bonds. The first kappa shape index (κ1) is 26.1. The van der Waals surface area contributed by atoms with Crippen LogP contribution in [0, 0.1) is 12.5 Å². The third-order valence-corrected chi connectivity index (χ3v) is 4.31. The maximum absolute atomic E-state index is 13.2. The number of nitrogens with zero attached hydrogens (tertiary/aromatic N) is 1. The molecule has 0 saturated carbocycles. The summed E-state index contributed by atoms with van der Waals surface area (Å²) in [7, 11) is 0. The third-order valence-electron chi connectivity index (χ3n) is 3.95. The molecule has 2 atom stereocenters. The Hall–Kier alpha value is -2.92. The highest BCUT2D eigenvalue weighted by Gasteiger charge is 2.35. The van der Waals surface area contributed by atoms with E-state index >= 15 is 0 Å². The van der Waals surface area contributed by atoms with Gasteiger partial charge in [0.05, 0.1) is 0 Å². The van der Waals surface area contributed by atoms with Crippen molar-refractivity contribution in [1.29, 1.82) is 0 Å². The van der Waals surface area contributed by atoms with Gasteiger partial charge < -0.3 is 15.4 Å². The Morgan fingerprint density at radius 1 is 1.29 bits per heavy atom. The molecule has 1 aromatic carbocycles. The number of carbonyl (C=O) groups is 3. The maximum Gasteiger partial charge on any atom is 0.408 e. The molecule has 0 fully saturated rings. The Balaban J connectivity index is 3.30. The normalized spacial score (nSPS) is 12.8. The number of hydrogen-bond donors (Lipinski definition) is 3. The Morgan fingerprint density at radius 3 is 2.42 bits per heavy atom. The average Bonchev–Trinajstić information content (AvgIpc) is 2.67. The Labute approximate surface area is 190 Å². The molecule has 0 heterocycles. The predicted octanol–water partition coefficient (Wildman–Crippen LogP) is 3.14. The smallest absolute Gasteiger partial charge is 0.408 e. The van der Waals surface area contributed by atoms with Crippen molar-refractivity contribution in [2.45, 2.75) is 58.3 Å². The molecule has 0 spiro atoms. The fourth-order valence-corrected chi connectivity index (χ4v) is 2.95. The van der Waals surface area contributed by atoms with E-state index in [4.69, 9.17) is 11.2 Å². The number of hydrogen-bond acceptors (Lipinski definition) is 5. The molecule has 0 radical (unpaired) electrons. The molecule has 2 unspecified atom stereocenters. The van der Waals surface area contributed by atoms with Crippen molar-refractivity contribution in [2.75, 3.05) is 5.75 Å². The minimum atomic E-state index is -1.11. The summed E-state index contributed by atoms with van der Waals surface area (Å²) in [6.07, 6.45) is 6.51. The monoisotopic (exact) mass is 445 g/mol. The van der Waals surface area contributed by atoms with E-state index < -0.39 is 35.6 Å². The van der Waals surface area contributed by atoms with Gasteiger partial charge >= 0.3 is 6.09 Å². The molecule has 7 nitrogen and oxygen atoms in total. The molecule has 31 heavy (non-hydrogen) atoms.